The number of imidazole rings is 1. The highest BCUT2D eigenvalue weighted by Crippen LogP contribution is 2.42. The summed E-state index contributed by atoms with van der Waals surface area (Å²) in [6, 6.07) is 4.70. The van der Waals surface area contributed by atoms with E-state index >= 15 is 0 Å². The van der Waals surface area contributed by atoms with Crippen LogP contribution in [0.25, 0.3) is 5.52 Å². The third-order valence-corrected chi connectivity index (χ3v) is 5.60. The number of rotatable bonds is 4. The second kappa shape index (κ2) is 6.10. The number of halogens is 2. The summed E-state index contributed by atoms with van der Waals surface area (Å²) in [5, 5.41) is 13.0. The molecule has 0 spiro atoms. The minimum atomic E-state index is -2.58. The summed E-state index contributed by atoms with van der Waals surface area (Å²) in [5.41, 5.74) is 2.73. The van der Waals surface area contributed by atoms with Gasteiger partial charge in [0.2, 0.25) is 5.89 Å². The SMILES string of the molecule is FC(F)c1cccn2nc([C@@H]3c4nc[nH]c4CCN3c3nnc(C4CC4)o3)cc12. The minimum absolute atomic E-state index is 0.0512. The number of pyridine rings is 1. The van der Waals surface area contributed by atoms with E-state index in [9.17, 15) is 8.78 Å². The maximum absolute atomic E-state index is 13.5. The van der Waals surface area contributed by atoms with Gasteiger partial charge in [-0.25, -0.2) is 18.3 Å². The van der Waals surface area contributed by atoms with Gasteiger partial charge in [0.1, 0.15) is 6.04 Å². The van der Waals surface area contributed by atoms with Gasteiger partial charge in [0, 0.05) is 36.3 Å². The zero-order chi connectivity index (χ0) is 19.5. The number of nitrogens with one attached hydrogen (secondary N) is 1. The van der Waals surface area contributed by atoms with Gasteiger partial charge in [-0.2, -0.15) is 5.10 Å². The molecule has 0 saturated heterocycles. The van der Waals surface area contributed by atoms with Crippen LogP contribution in [0.4, 0.5) is 14.8 Å². The number of hydrogen-bond donors (Lipinski definition) is 1. The minimum Gasteiger partial charge on any atom is -0.408 e. The zero-order valence-corrected chi connectivity index (χ0v) is 15.3. The van der Waals surface area contributed by atoms with Crippen LogP contribution in [0.15, 0.2) is 35.1 Å². The molecule has 0 amide bonds. The van der Waals surface area contributed by atoms with Crippen LogP contribution in [-0.2, 0) is 6.42 Å². The number of H-pyrrole nitrogens is 1. The molecule has 6 rings (SSSR count). The number of anilines is 1. The number of alkyl halides is 2. The molecular formula is C19H17F2N7O. The lowest BCUT2D eigenvalue weighted by atomic mass is 10.00. The third kappa shape index (κ3) is 2.62. The van der Waals surface area contributed by atoms with Crippen molar-refractivity contribution in [1.82, 2.24) is 29.8 Å². The summed E-state index contributed by atoms with van der Waals surface area (Å²) in [5.74, 6) is 1.01. The second-order valence-corrected chi connectivity index (χ2v) is 7.47. The van der Waals surface area contributed by atoms with Gasteiger partial charge in [-0.3, -0.25) is 0 Å². The van der Waals surface area contributed by atoms with E-state index in [4.69, 9.17) is 4.42 Å². The predicted molar refractivity (Wildman–Crippen MR) is 97.9 cm³/mol. The molecule has 1 atom stereocenters. The third-order valence-electron chi connectivity index (χ3n) is 5.60. The van der Waals surface area contributed by atoms with Crippen LogP contribution in [-0.4, -0.2) is 36.3 Å². The van der Waals surface area contributed by atoms with Crippen molar-refractivity contribution >= 4 is 11.5 Å². The molecule has 148 valence electrons. The molecule has 29 heavy (non-hydrogen) atoms. The molecule has 1 saturated carbocycles. The smallest absolute Gasteiger partial charge is 0.319 e. The Hall–Kier alpha value is -3.30. The van der Waals surface area contributed by atoms with E-state index in [0.717, 1.165) is 30.7 Å². The van der Waals surface area contributed by atoms with Gasteiger partial charge >= 0.3 is 6.01 Å². The van der Waals surface area contributed by atoms with Crippen molar-refractivity contribution in [3.05, 3.63) is 59.3 Å². The van der Waals surface area contributed by atoms with Crippen molar-refractivity contribution in [2.45, 2.75) is 37.6 Å². The van der Waals surface area contributed by atoms with E-state index in [1.54, 1.807) is 24.7 Å². The van der Waals surface area contributed by atoms with Gasteiger partial charge in [-0.15, -0.1) is 5.10 Å². The Balaban J connectivity index is 1.48. The molecule has 0 bridgehead atoms. The van der Waals surface area contributed by atoms with E-state index in [-0.39, 0.29) is 5.56 Å². The van der Waals surface area contributed by atoms with E-state index in [2.05, 4.69) is 25.3 Å². The lowest BCUT2D eigenvalue weighted by molar-refractivity contribution is 0.152. The number of nitrogens with zero attached hydrogens (tertiary/aromatic N) is 6. The first-order chi connectivity index (χ1) is 14.2. The summed E-state index contributed by atoms with van der Waals surface area (Å²) >= 11 is 0. The monoisotopic (exact) mass is 397 g/mol. The largest absolute Gasteiger partial charge is 0.408 e. The van der Waals surface area contributed by atoms with Crippen LogP contribution in [0, 0.1) is 0 Å². The van der Waals surface area contributed by atoms with Crippen LogP contribution < -0.4 is 4.90 Å². The van der Waals surface area contributed by atoms with Crippen molar-refractivity contribution in [2.75, 3.05) is 11.4 Å². The Bertz CT molecular complexity index is 1190. The maximum Gasteiger partial charge on any atom is 0.319 e. The topological polar surface area (TPSA) is 88.1 Å². The lowest BCUT2D eigenvalue weighted by Crippen LogP contribution is -2.36. The number of hydrogen-bond acceptors (Lipinski definition) is 6. The fourth-order valence-electron chi connectivity index (χ4n) is 3.99. The maximum atomic E-state index is 13.5. The van der Waals surface area contributed by atoms with Crippen molar-refractivity contribution in [1.29, 1.82) is 0 Å². The molecule has 10 heteroatoms. The van der Waals surface area contributed by atoms with Gasteiger partial charge in [0.25, 0.3) is 6.43 Å². The fraction of sp³-hybridized carbons (Fsp3) is 0.368. The van der Waals surface area contributed by atoms with Crippen LogP contribution in [0.1, 0.15) is 59.8 Å². The Morgan fingerprint density at radius 3 is 2.97 bits per heavy atom. The number of aromatic amines is 1. The van der Waals surface area contributed by atoms with Crippen LogP contribution in [0.5, 0.6) is 0 Å². The van der Waals surface area contributed by atoms with Crippen LogP contribution in [0.3, 0.4) is 0 Å². The lowest BCUT2D eigenvalue weighted by Gasteiger charge is -2.32. The summed E-state index contributed by atoms with van der Waals surface area (Å²) in [7, 11) is 0. The summed E-state index contributed by atoms with van der Waals surface area (Å²) in [6.45, 7) is 0.627. The molecule has 5 heterocycles. The van der Waals surface area contributed by atoms with Crippen molar-refractivity contribution in [3.8, 4) is 0 Å². The Labute approximate surface area is 163 Å². The molecule has 1 aliphatic carbocycles. The summed E-state index contributed by atoms with van der Waals surface area (Å²) < 4.78 is 34.3. The van der Waals surface area contributed by atoms with Crippen molar-refractivity contribution < 1.29 is 13.2 Å². The molecule has 2 aliphatic rings. The van der Waals surface area contributed by atoms with E-state index in [0.29, 0.717) is 35.6 Å². The summed E-state index contributed by atoms with van der Waals surface area (Å²) in [6.07, 6.45) is 3.60. The van der Waals surface area contributed by atoms with Gasteiger partial charge in [0.05, 0.1) is 23.2 Å². The quantitative estimate of drug-likeness (QED) is 0.568. The molecule has 1 fully saturated rings. The van der Waals surface area contributed by atoms with Crippen molar-refractivity contribution in [2.24, 2.45) is 0 Å². The van der Waals surface area contributed by atoms with Crippen LogP contribution >= 0.6 is 0 Å². The van der Waals surface area contributed by atoms with Crippen LogP contribution in [0.2, 0.25) is 0 Å². The molecule has 0 unspecified atom stereocenters. The highest BCUT2D eigenvalue weighted by atomic mass is 19.3. The molecule has 4 aromatic rings. The first-order valence-electron chi connectivity index (χ1n) is 9.57. The van der Waals surface area contributed by atoms with Crippen molar-refractivity contribution in [3.63, 3.8) is 0 Å². The first kappa shape index (κ1) is 16.6. The number of fused-ring (bicyclic) bond motifs is 2. The average Bonchev–Trinajstić information content (AvgIpc) is 3.13. The van der Waals surface area contributed by atoms with E-state index in [1.807, 2.05) is 4.90 Å². The molecule has 8 nitrogen and oxygen atoms in total. The number of aromatic nitrogens is 6. The standard InChI is InChI=1S/C19H17F2N7O/c20-17(21)11-2-1-6-28-14(11)8-13(26-28)16-15-12(22-9-23-15)5-7-27(16)19-25-24-18(29-19)10-3-4-10/h1-2,6,8-10,16-17H,3-5,7H2,(H,22,23)/t16-/m1/s1. The molecule has 1 N–H and O–H groups in total. The summed E-state index contributed by atoms with van der Waals surface area (Å²) in [4.78, 5) is 9.62. The highest BCUT2D eigenvalue weighted by molar-refractivity contribution is 5.58. The second-order valence-electron chi connectivity index (χ2n) is 7.47. The molecule has 0 aromatic carbocycles. The van der Waals surface area contributed by atoms with Gasteiger partial charge < -0.3 is 14.3 Å². The molecule has 1 aliphatic heterocycles. The highest BCUT2D eigenvalue weighted by Gasteiger charge is 2.37. The van der Waals surface area contributed by atoms with Gasteiger partial charge in [-0.1, -0.05) is 5.10 Å². The normalized spacial score (nSPS) is 19.3. The Kier molecular flexibility index (Phi) is 3.50. The average molecular weight is 397 g/mol. The van der Waals surface area contributed by atoms with Gasteiger partial charge in [-0.05, 0) is 31.0 Å². The van der Waals surface area contributed by atoms with Gasteiger partial charge in [0.15, 0.2) is 0 Å². The molecule has 0 radical (unpaired) electrons. The van der Waals surface area contributed by atoms with E-state index < -0.39 is 12.5 Å². The Morgan fingerprint density at radius 1 is 1.24 bits per heavy atom. The van der Waals surface area contributed by atoms with E-state index in [1.165, 1.54) is 10.6 Å². The molecular weight excluding hydrogens is 380 g/mol. The predicted octanol–water partition coefficient (Wildman–Crippen LogP) is 3.41. The fourth-order valence-corrected chi connectivity index (χ4v) is 3.99. The molecule has 4 aromatic heterocycles. The Morgan fingerprint density at radius 2 is 2.14 bits per heavy atom. The zero-order valence-electron chi connectivity index (χ0n) is 15.3. The first-order valence-corrected chi connectivity index (χ1v) is 9.57.